The zero-order valence-electron chi connectivity index (χ0n) is 14.2. The Kier molecular flexibility index (Phi) is 5.51. The largest absolute Gasteiger partial charge is 0.438 e. The monoisotopic (exact) mass is 393 g/mol. The molecule has 0 aliphatic rings. The Labute approximate surface area is 159 Å². The maximum atomic E-state index is 13.4. The topological polar surface area (TPSA) is 38.2 Å². The van der Waals surface area contributed by atoms with Gasteiger partial charge in [-0.25, -0.2) is 4.98 Å². The molecule has 27 heavy (non-hydrogen) atoms. The molecule has 8 heteroatoms. The van der Waals surface area contributed by atoms with Crippen LogP contribution in [-0.4, -0.2) is 16.5 Å². The Morgan fingerprint density at radius 1 is 1.07 bits per heavy atom. The lowest BCUT2D eigenvalue weighted by molar-refractivity contribution is -0.139. The van der Waals surface area contributed by atoms with Gasteiger partial charge in [-0.1, -0.05) is 35.9 Å². The first-order valence-corrected chi connectivity index (χ1v) is 8.46. The highest BCUT2D eigenvalue weighted by molar-refractivity contribution is 6.30. The molecule has 0 aliphatic carbocycles. The SMILES string of the molecule is CCN(c1cccc(Cl)c1)c1ncc(C(F)(F)F)c(Oc2ccccc2)n1. The van der Waals surface area contributed by atoms with E-state index in [9.17, 15) is 13.2 Å². The Hall–Kier alpha value is -2.80. The van der Waals surface area contributed by atoms with Crippen LogP contribution in [0.4, 0.5) is 24.8 Å². The van der Waals surface area contributed by atoms with Crippen LogP contribution in [0.5, 0.6) is 11.6 Å². The lowest BCUT2D eigenvalue weighted by atomic mass is 10.3. The highest BCUT2D eigenvalue weighted by Gasteiger charge is 2.37. The van der Waals surface area contributed by atoms with E-state index in [-0.39, 0.29) is 11.7 Å². The number of hydrogen-bond acceptors (Lipinski definition) is 4. The number of nitrogens with zero attached hydrogens (tertiary/aromatic N) is 3. The number of para-hydroxylation sites is 1. The summed E-state index contributed by atoms with van der Waals surface area (Å²) < 4.78 is 45.5. The van der Waals surface area contributed by atoms with E-state index in [1.165, 1.54) is 0 Å². The quantitative estimate of drug-likeness (QED) is 0.525. The van der Waals surface area contributed by atoms with Crippen molar-refractivity contribution >= 4 is 23.2 Å². The summed E-state index contributed by atoms with van der Waals surface area (Å²) in [5, 5.41) is 0.499. The van der Waals surface area contributed by atoms with Crippen LogP contribution in [0.15, 0.2) is 60.8 Å². The summed E-state index contributed by atoms with van der Waals surface area (Å²) in [5.41, 5.74) is -0.382. The van der Waals surface area contributed by atoms with Gasteiger partial charge in [0.25, 0.3) is 0 Å². The molecular weight excluding hydrogens is 379 g/mol. The van der Waals surface area contributed by atoms with Gasteiger partial charge >= 0.3 is 6.18 Å². The van der Waals surface area contributed by atoms with Gasteiger partial charge in [0.15, 0.2) is 0 Å². The molecule has 0 unspecified atom stereocenters. The van der Waals surface area contributed by atoms with Gasteiger partial charge in [-0.05, 0) is 37.3 Å². The van der Waals surface area contributed by atoms with Gasteiger partial charge in [-0.15, -0.1) is 0 Å². The molecule has 0 N–H and O–H groups in total. The van der Waals surface area contributed by atoms with Crippen LogP contribution in [-0.2, 0) is 6.18 Å². The third-order valence-electron chi connectivity index (χ3n) is 3.68. The molecule has 0 fully saturated rings. The highest BCUT2D eigenvalue weighted by Crippen LogP contribution is 2.38. The summed E-state index contributed by atoms with van der Waals surface area (Å²) in [5.74, 6) is -0.226. The fourth-order valence-corrected chi connectivity index (χ4v) is 2.63. The van der Waals surface area contributed by atoms with Gasteiger partial charge in [0.05, 0.1) is 0 Å². The van der Waals surface area contributed by atoms with Crippen molar-refractivity contribution in [3.63, 3.8) is 0 Å². The lowest BCUT2D eigenvalue weighted by Gasteiger charge is -2.22. The van der Waals surface area contributed by atoms with Gasteiger partial charge < -0.3 is 9.64 Å². The van der Waals surface area contributed by atoms with Gasteiger partial charge in [-0.3, -0.25) is 0 Å². The summed E-state index contributed by atoms with van der Waals surface area (Å²) in [4.78, 5) is 9.58. The molecule has 0 atom stereocenters. The van der Waals surface area contributed by atoms with Crippen LogP contribution in [0.25, 0.3) is 0 Å². The second kappa shape index (κ2) is 7.84. The van der Waals surface area contributed by atoms with Crippen molar-refractivity contribution in [2.24, 2.45) is 0 Å². The molecule has 1 aromatic heterocycles. The number of halogens is 4. The molecule has 0 amide bonds. The predicted molar refractivity (Wildman–Crippen MR) is 97.7 cm³/mol. The zero-order valence-corrected chi connectivity index (χ0v) is 15.0. The molecule has 0 saturated carbocycles. The molecule has 1 heterocycles. The third kappa shape index (κ3) is 4.49. The van der Waals surface area contributed by atoms with Crippen molar-refractivity contribution < 1.29 is 17.9 Å². The fraction of sp³-hybridized carbons (Fsp3) is 0.158. The first kappa shape index (κ1) is 19.0. The van der Waals surface area contributed by atoms with Crippen molar-refractivity contribution in [2.45, 2.75) is 13.1 Å². The van der Waals surface area contributed by atoms with Crippen molar-refractivity contribution in [2.75, 3.05) is 11.4 Å². The zero-order chi connectivity index (χ0) is 19.4. The third-order valence-corrected chi connectivity index (χ3v) is 3.92. The summed E-state index contributed by atoms with van der Waals surface area (Å²) in [6, 6.07) is 15.1. The maximum absolute atomic E-state index is 13.4. The van der Waals surface area contributed by atoms with Crippen LogP contribution in [0.2, 0.25) is 5.02 Å². The average molecular weight is 394 g/mol. The summed E-state index contributed by atoms with van der Waals surface area (Å²) in [7, 11) is 0. The van der Waals surface area contributed by atoms with Crippen LogP contribution in [0, 0.1) is 0 Å². The minimum absolute atomic E-state index is 0.0821. The standard InChI is InChI=1S/C19H15ClF3N3O/c1-2-26(14-8-6-7-13(20)11-14)18-24-12-16(19(21,22)23)17(25-18)27-15-9-4-3-5-10-15/h3-12H,2H2,1H3. The van der Waals surface area contributed by atoms with E-state index in [0.29, 0.717) is 17.3 Å². The number of hydrogen-bond donors (Lipinski definition) is 0. The Morgan fingerprint density at radius 3 is 2.44 bits per heavy atom. The van der Waals surface area contributed by atoms with E-state index < -0.39 is 17.6 Å². The molecule has 3 aromatic rings. The number of anilines is 2. The molecule has 2 aromatic carbocycles. The molecule has 0 bridgehead atoms. The average Bonchev–Trinajstić information content (AvgIpc) is 2.62. The van der Waals surface area contributed by atoms with Crippen LogP contribution in [0.1, 0.15) is 12.5 Å². The maximum Gasteiger partial charge on any atom is 0.423 e. The molecular formula is C19H15ClF3N3O. The molecule has 4 nitrogen and oxygen atoms in total. The Bertz CT molecular complexity index is 920. The van der Waals surface area contributed by atoms with E-state index in [2.05, 4.69) is 9.97 Å². The number of ether oxygens (including phenoxy) is 1. The molecule has 0 radical (unpaired) electrons. The number of benzene rings is 2. The number of rotatable bonds is 5. The van der Waals surface area contributed by atoms with Crippen LogP contribution in [0.3, 0.4) is 0 Å². The second-order valence-corrected chi connectivity index (χ2v) is 5.96. The van der Waals surface area contributed by atoms with Crippen molar-refractivity contribution in [3.8, 4) is 11.6 Å². The normalized spacial score (nSPS) is 11.3. The van der Waals surface area contributed by atoms with Crippen LogP contribution >= 0.6 is 11.6 Å². The lowest BCUT2D eigenvalue weighted by Crippen LogP contribution is -2.20. The van der Waals surface area contributed by atoms with Gasteiger partial charge in [0, 0.05) is 23.5 Å². The smallest absolute Gasteiger partial charge is 0.423 e. The fourth-order valence-electron chi connectivity index (χ4n) is 2.44. The van der Waals surface area contributed by atoms with E-state index in [4.69, 9.17) is 16.3 Å². The summed E-state index contributed by atoms with van der Waals surface area (Å²) in [6.45, 7) is 2.26. The van der Waals surface area contributed by atoms with E-state index in [0.717, 1.165) is 6.20 Å². The van der Waals surface area contributed by atoms with Crippen molar-refractivity contribution in [3.05, 3.63) is 71.4 Å². The Morgan fingerprint density at radius 2 is 1.81 bits per heavy atom. The van der Waals surface area contributed by atoms with E-state index in [1.54, 1.807) is 59.5 Å². The molecule has 3 rings (SSSR count). The van der Waals surface area contributed by atoms with E-state index in [1.807, 2.05) is 6.92 Å². The number of alkyl halides is 3. The molecule has 0 spiro atoms. The minimum Gasteiger partial charge on any atom is -0.438 e. The minimum atomic E-state index is -4.64. The van der Waals surface area contributed by atoms with Crippen LogP contribution < -0.4 is 9.64 Å². The second-order valence-electron chi connectivity index (χ2n) is 5.53. The van der Waals surface area contributed by atoms with Gasteiger partial charge in [0.2, 0.25) is 11.8 Å². The van der Waals surface area contributed by atoms with Gasteiger partial charge in [-0.2, -0.15) is 18.2 Å². The van der Waals surface area contributed by atoms with Crippen molar-refractivity contribution in [1.82, 2.24) is 9.97 Å². The van der Waals surface area contributed by atoms with Crippen molar-refractivity contribution in [1.29, 1.82) is 0 Å². The Balaban J connectivity index is 2.05. The predicted octanol–water partition coefficient (Wildman–Crippen LogP) is 6.10. The molecule has 0 aliphatic heterocycles. The highest BCUT2D eigenvalue weighted by atomic mass is 35.5. The van der Waals surface area contributed by atoms with E-state index >= 15 is 0 Å². The summed E-state index contributed by atoms with van der Waals surface area (Å²) in [6.07, 6.45) is -3.91. The first-order chi connectivity index (χ1) is 12.9. The first-order valence-electron chi connectivity index (χ1n) is 8.08. The van der Waals surface area contributed by atoms with Gasteiger partial charge in [0.1, 0.15) is 11.3 Å². The number of aromatic nitrogens is 2. The molecule has 140 valence electrons. The molecule has 0 saturated heterocycles. The summed E-state index contributed by atoms with van der Waals surface area (Å²) >= 11 is 6.02.